The van der Waals surface area contributed by atoms with Gasteiger partial charge in [-0.15, -0.1) is 24.0 Å². The minimum atomic E-state index is 0. The van der Waals surface area contributed by atoms with Crippen LogP contribution in [0.25, 0.3) is 0 Å². The quantitative estimate of drug-likeness (QED) is 0.183. The Labute approximate surface area is 213 Å². The van der Waals surface area contributed by atoms with Gasteiger partial charge in [0.25, 0.3) is 0 Å². The van der Waals surface area contributed by atoms with Gasteiger partial charge in [0, 0.05) is 45.0 Å². The molecule has 2 N–H and O–H groups in total. The van der Waals surface area contributed by atoms with E-state index in [2.05, 4.69) is 110 Å². The zero-order valence-electron chi connectivity index (χ0n) is 18.8. The summed E-state index contributed by atoms with van der Waals surface area (Å²) in [7, 11) is 1.81. The van der Waals surface area contributed by atoms with Gasteiger partial charge in [-0.25, -0.2) is 4.98 Å². The van der Waals surface area contributed by atoms with Crippen molar-refractivity contribution in [2.75, 3.05) is 13.6 Å². The van der Waals surface area contributed by atoms with Crippen molar-refractivity contribution >= 4 is 29.9 Å². The fraction of sp³-hybridized carbons (Fsp3) is 0.185. The second-order valence-electron chi connectivity index (χ2n) is 7.73. The summed E-state index contributed by atoms with van der Waals surface area (Å²) in [5.74, 6) is 1.04. The van der Waals surface area contributed by atoms with E-state index < -0.39 is 0 Å². The minimum absolute atomic E-state index is 0. The number of aliphatic imine (C=N–C) groups is 1. The van der Waals surface area contributed by atoms with Crippen molar-refractivity contribution in [1.82, 2.24) is 20.2 Å². The fourth-order valence-electron chi connectivity index (χ4n) is 3.76. The lowest BCUT2D eigenvalue weighted by atomic mass is 9.91. The number of aromatic nitrogens is 2. The van der Waals surface area contributed by atoms with Crippen molar-refractivity contribution < 1.29 is 0 Å². The van der Waals surface area contributed by atoms with Gasteiger partial charge in [-0.05, 0) is 22.3 Å². The SMILES string of the molecule is CN=C(NCc1ccc(Cn2ccnc2)cc1)NCC(c1ccccc1)c1ccccc1.I. The normalized spacial score (nSPS) is 11.2. The third-order valence-corrected chi connectivity index (χ3v) is 5.51. The molecule has 0 aliphatic heterocycles. The Morgan fingerprint density at radius 3 is 2.00 bits per heavy atom. The summed E-state index contributed by atoms with van der Waals surface area (Å²) >= 11 is 0. The van der Waals surface area contributed by atoms with Crippen LogP contribution in [0, 0.1) is 0 Å². The molecule has 5 nitrogen and oxygen atoms in total. The van der Waals surface area contributed by atoms with E-state index in [0.717, 1.165) is 19.0 Å². The van der Waals surface area contributed by atoms with Gasteiger partial charge in [-0.1, -0.05) is 84.9 Å². The summed E-state index contributed by atoms with van der Waals surface area (Å²) in [4.78, 5) is 8.51. The summed E-state index contributed by atoms with van der Waals surface area (Å²) in [6.07, 6.45) is 5.61. The molecule has 0 aliphatic rings. The molecular formula is C27H30IN5. The average molecular weight is 551 g/mol. The van der Waals surface area contributed by atoms with Gasteiger partial charge < -0.3 is 15.2 Å². The first-order valence-electron chi connectivity index (χ1n) is 10.9. The highest BCUT2D eigenvalue weighted by Gasteiger charge is 2.14. The second kappa shape index (κ2) is 12.8. The molecule has 4 rings (SSSR count). The predicted molar refractivity (Wildman–Crippen MR) is 146 cm³/mol. The number of guanidine groups is 1. The number of hydrogen-bond donors (Lipinski definition) is 2. The summed E-state index contributed by atoms with van der Waals surface area (Å²) in [6.45, 7) is 2.31. The molecule has 0 fully saturated rings. The zero-order valence-corrected chi connectivity index (χ0v) is 21.1. The first-order valence-corrected chi connectivity index (χ1v) is 10.9. The van der Waals surface area contributed by atoms with Crippen LogP contribution in [0.4, 0.5) is 0 Å². The largest absolute Gasteiger partial charge is 0.355 e. The molecular weight excluding hydrogens is 521 g/mol. The van der Waals surface area contributed by atoms with Crippen LogP contribution < -0.4 is 10.6 Å². The van der Waals surface area contributed by atoms with E-state index in [1.165, 1.54) is 22.3 Å². The molecule has 33 heavy (non-hydrogen) atoms. The van der Waals surface area contributed by atoms with Gasteiger partial charge in [-0.2, -0.15) is 0 Å². The van der Waals surface area contributed by atoms with E-state index in [1.54, 1.807) is 6.20 Å². The summed E-state index contributed by atoms with van der Waals surface area (Å²) in [5, 5.41) is 6.94. The molecule has 0 atom stereocenters. The highest BCUT2D eigenvalue weighted by Crippen LogP contribution is 2.23. The Bertz CT molecular complexity index is 1050. The molecule has 0 bridgehead atoms. The number of nitrogens with one attached hydrogen (secondary N) is 2. The van der Waals surface area contributed by atoms with Gasteiger partial charge in [0.05, 0.1) is 6.33 Å². The maximum absolute atomic E-state index is 4.41. The number of imidazole rings is 1. The van der Waals surface area contributed by atoms with Crippen LogP contribution in [0.5, 0.6) is 0 Å². The molecule has 0 spiro atoms. The van der Waals surface area contributed by atoms with Crippen LogP contribution in [0.3, 0.4) is 0 Å². The molecule has 0 radical (unpaired) electrons. The van der Waals surface area contributed by atoms with Crippen LogP contribution in [0.15, 0.2) is 109 Å². The Morgan fingerprint density at radius 2 is 1.45 bits per heavy atom. The van der Waals surface area contributed by atoms with Crippen LogP contribution in [-0.4, -0.2) is 29.1 Å². The highest BCUT2D eigenvalue weighted by atomic mass is 127. The van der Waals surface area contributed by atoms with Crippen LogP contribution >= 0.6 is 24.0 Å². The molecule has 0 aliphatic carbocycles. The number of nitrogens with zero attached hydrogens (tertiary/aromatic N) is 3. The smallest absolute Gasteiger partial charge is 0.191 e. The summed E-state index contributed by atoms with van der Waals surface area (Å²) < 4.78 is 2.06. The molecule has 6 heteroatoms. The van der Waals surface area contributed by atoms with Gasteiger partial charge in [0.15, 0.2) is 5.96 Å². The van der Waals surface area contributed by atoms with Crippen molar-refractivity contribution in [2.24, 2.45) is 4.99 Å². The lowest BCUT2D eigenvalue weighted by molar-refractivity contribution is 0.728. The topological polar surface area (TPSA) is 54.2 Å². The van der Waals surface area contributed by atoms with E-state index in [0.29, 0.717) is 6.54 Å². The zero-order chi connectivity index (χ0) is 22.0. The van der Waals surface area contributed by atoms with Crippen molar-refractivity contribution in [3.05, 3.63) is 126 Å². The molecule has 0 saturated heterocycles. The van der Waals surface area contributed by atoms with Crippen molar-refractivity contribution in [3.63, 3.8) is 0 Å². The standard InChI is InChI=1S/C27H29N5.HI/c1-28-27(30-18-22-12-14-23(15-13-22)20-32-17-16-29-21-32)31-19-26(24-8-4-2-5-9-24)25-10-6-3-7-11-25;/h2-17,21,26H,18-20H2,1H3,(H2,28,30,31);1H. The average Bonchev–Trinajstić information content (AvgIpc) is 3.36. The van der Waals surface area contributed by atoms with Crippen LogP contribution in [0.2, 0.25) is 0 Å². The minimum Gasteiger partial charge on any atom is -0.355 e. The Kier molecular flexibility index (Phi) is 9.50. The van der Waals surface area contributed by atoms with Crippen molar-refractivity contribution in [3.8, 4) is 0 Å². The highest BCUT2D eigenvalue weighted by molar-refractivity contribution is 14.0. The van der Waals surface area contributed by atoms with Crippen LogP contribution in [-0.2, 0) is 13.1 Å². The molecule has 0 saturated carbocycles. The molecule has 3 aromatic carbocycles. The third kappa shape index (κ3) is 7.18. The fourth-order valence-corrected chi connectivity index (χ4v) is 3.76. The Hall–Kier alpha value is -3.13. The van der Waals surface area contributed by atoms with Crippen LogP contribution in [0.1, 0.15) is 28.2 Å². The Morgan fingerprint density at radius 1 is 0.848 bits per heavy atom. The van der Waals surface area contributed by atoms with E-state index in [-0.39, 0.29) is 29.9 Å². The van der Waals surface area contributed by atoms with E-state index in [9.17, 15) is 0 Å². The molecule has 170 valence electrons. The monoisotopic (exact) mass is 551 g/mol. The number of hydrogen-bond acceptors (Lipinski definition) is 2. The third-order valence-electron chi connectivity index (χ3n) is 5.51. The first kappa shape index (κ1) is 24.5. The summed E-state index contributed by atoms with van der Waals surface area (Å²) in [5.41, 5.74) is 5.04. The van der Waals surface area contributed by atoms with E-state index >= 15 is 0 Å². The maximum atomic E-state index is 4.41. The van der Waals surface area contributed by atoms with Gasteiger partial charge in [-0.3, -0.25) is 4.99 Å². The predicted octanol–water partition coefficient (Wildman–Crippen LogP) is 5.05. The Balaban J connectivity index is 0.00000306. The van der Waals surface area contributed by atoms with Gasteiger partial charge in [0.1, 0.15) is 0 Å². The molecule has 1 heterocycles. The van der Waals surface area contributed by atoms with E-state index in [4.69, 9.17) is 0 Å². The molecule has 0 amide bonds. The lowest BCUT2D eigenvalue weighted by Crippen LogP contribution is -2.39. The molecule has 4 aromatic rings. The first-order chi connectivity index (χ1) is 15.8. The molecule has 0 unspecified atom stereocenters. The van der Waals surface area contributed by atoms with Crippen molar-refractivity contribution in [1.29, 1.82) is 0 Å². The summed E-state index contributed by atoms with van der Waals surface area (Å²) in [6, 6.07) is 29.8. The lowest BCUT2D eigenvalue weighted by Gasteiger charge is -2.20. The second-order valence-corrected chi connectivity index (χ2v) is 7.73. The number of rotatable bonds is 8. The number of benzene rings is 3. The maximum Gasteiger partial charge on any atom is 0.191 e. The van der Waals surface area contributed by atoms with Crippen molar-refractivity contribution in [2.45, 2.75) is 19.0 Å². The number of halogens is 1. The van der Waals surface area contributed by atoms with E-state index in [1.807, 2.05) is 19.6 Å². The van der Waals surface area contributed by atoms with Gasteiger partial charge in [0.2, 0.25) is 0 Å². The van der Waals surface area contributed by atoms with Gasteiger partial charge >= 0.3 is 0 Å². The molecule has 1 aromatic heterocycles.